The molecule has 0 aromatic heterocycles. The van der Waals surface area contributed by atoms with Gasteiger partial charge in [-0.2, -0.15) is 0 Å². The Hall–Kier alpha value is -0.570. The lowest BCUT2D eigenvalue weighted by molar-refractivity contribution is -0.186. The highest BCUT2D eigenvalue weighted by Crippen LogP contribution is 2.40. The topological polar surface area (TPSA) is 35.5 Å². The van der Waals surface area contributed by atoms with Crippen molar-refractivity contribution in [2.75, 3.05) is 6.61 Å². The van der Waals surface area contributed by atoms with Crippen LogP contribution in [0.15, 0.2) is 0 Å². The van der Waals surface area contributed by atoms with E-state index in [1.54, 1.807) is 0 Å². The average Bonchev–Trinajstić information content (AvgIpc) is 2.39. The Bertz CT molecular complexity index is 294. The molecule has 1 saturated carbocycles. The maximum absolute atomic E-state index is 12.4. The van der Waals surface area contributed by atoms with Crippen LogP contribution in [0.25, 0.3) is 0 Å². The molecule has 0 N–H and O–H groups in total. The Balaban J connectivity index is 1.93. The average molecular weight is 267 g/mol. The Kier molecular flexibility index (Phi) is 5.26. The fourth-order valence-electron chi connectivity index (χ4n) is 3.24. The van der Waals surface area contributed by atoms with Crippen LogP contribution in [-0.2, 0) is 14.3 Å². The number of hydrogen-bond acceptors (Lipinski definition) is 3. The van der Waals surface area contributed by atoms with Gasteiger partial charge in [0.05, 0.1) is 12.5 Å². The number of rotatable bonds is 3. The van der Waals surface area contributed by atoms with E-state index in [1.807, 2.05) is 0 Å². The molecule has 1 radical (unpaired) electrons. The fraction of sp³-hybridized carbons (Fsp3) is 0.875. The third-order valence-electron chi connectivity index (χ3n) is 4.43. The first kappa shape index (κ1) is 14.8. The monoisotopic (exact) mass is 267 g/mol. The van der Waals surface area contributed by atoms with Gasteiger partial charge in [0.1, 0.15) is 0 Å². The predicted molar refractivity (Wildman–Crippen MR) is 74.3 cm³/mol. The minimum absolute atomic E-state index is 0.0999. The second-order valence-electron chi connectivity index (χ2n) is 6.46. The van der Waals surface area contributed by atoms with Crippen molar-refractivity contribution in [3.63, 3.8) is 0 Å². The Morgan fingerprint density at radius 1 is 1.26 bits per heavy atom. The summed E-state index contributed by atoms with van der Waals surface area (Å²) in [7, 11) is 0. The van der Waals surface area contributed by atoms with Gasteiger partial charge in [0.15, 0.2) is 0 Å². The summed E-state index contributed by atoms with van der Waals surface area (Å²) >= 11 is 0. The van der Waals surface area contributed by atoms with E-state index in [9.17, 15) is 4.79 Å². The van der Waals surface area contributed by atoms with E-state index in [2.05, 4.69) is 20.8 Å². The maximum Gasteiger partial charge on any atom is 0.315 e. The number of esters is 1. The molecule has 0 spiro atoms. The molecule has 19 heavy (non-hydrogen) atoms. The summed E-state index contributed by atoms with van der Waals surface area (Å²) in [4.78, 5) is 12.4. The van der Waals surface area contributed by atoms with Crippen molar-refractivity contribution < 1.29 is 14.3 Å². The largest absolute Gasteiger partial charge is 0.435 e. The van der Waals surface area contributed by atoms with Crippen molar-refractivity contribution in [1.82, 2.24) is 0 Å². The third-order valence-corrected chi connectivity index (χ3v) is 4.43. The molecule has 0 aromatic rings. The van der Waals surface area contributed by atoms with Crippen LogP contribution in [0, 0.1) is 23.7 Å². The maximum atomic E-state index is 12.4. The van der Waals surface area contributed by atoms with Crippen LogP contribution in [0.1, 0.15) is 59.3 Å². The van der Waals surface area contributed by atoms with Crippen molar-refractivity contribution in [1.29, 1.82) is 0 Å². The summed E-state index contributed by atoms with van der Waals surface area (Å²) in [5, 5.41) is 0. The standard InChI is InChI=1S/C16H27O3/c1-11(2)13-8-7-12(3)10-14(13)16(17)19-15-6-4-5-9-18-15/h11-13,15H,4-10H2,1-3H3. The van der Waals surface area contributed by atoms with Gasteiger partial charge in [-0.1, -0.05) is 27.2 Å². The van der Waals surface area contributed by atoms with E-state index < -0.39 is 0 Å². The van der Waals surface area contributed by atoms with Gasteiger partial charge >= 0.3 is 5.97 Å². The van der Waals surface area contributed by atoms with Crippen LogP contribution in [-0.4, -0.2) is 18.9 Å². The summed E-state index contributed by atoms with van der Waals surface area (Å²) in [6.07, 6.45) is 5.95. The molecule has 2 rings (SSSR count). The molecule has 3 heteroatoms. The minimum atomic E-state index is -0.307. The normalized spacial score (nSPS) is 33.4. The molecule has 1 aliphatic carbocycles. The third kappa shape index (κ3) is 3.95. The molecule has 0 bridgehead atoms. The van der Waals surface area contributed by atoms with E-state index in [0.717, 1.165) is 44.6 Å². The molecular weight excluding hydrogens is 240 g/mol. The van der Waals surface area contributed by atoms with Crippen molar-refractivity contribution in [2.45, 2.75) is 65.6 Å². The number of ether oxygens (including phenoxy) is 2. The molecule has 0 aromatic carbocycles. The van der Waals surface area contributed by atoms with E-state index in [-0.39, 0.29) is 12.3 Å². The fourth-order valence-corrected chi connectivity index (χ4v) is 3.24. The highest BCUT2D eigenvalue weighted by Gasteiger charge is 2.38. The van der Waals surface area contributed by atoms with Crippen LogP contribution in [0.5, 0.6) is 0 Å². The minimum Gasteiger partial charge on any atom is -0.435 e. The SMILES string of the molecule is CC1CCC(C(C)C)[C](C(=O)OC2CCCCO2)C1. The molecule has 2 fully saturated rings. The summed E-state index contributed by atoms with van der Waals surface area (Å²) in [5.41, 5.74) is 0. The van der Waals surface area contributed by atoms with Gasteiger partial charge in [-0.15, -0.1) is 0 Å². The van der Waals surface area contributed by atoms with Gasteiger partial charge < -0.3 is 9.47 Å². The highest BCUT2D eigenvalue weighted by atomic mass is 16.7. The molecule has 109 valence electrons. The lowest BCUT2D eigenvalue weighted by Crippen LogP contribution is -2.35. The zero-order chi connectivity index (χ0) is 13.8. The predicted octanol–water partition coefficient (Wildman–Crippen LogP) is 3.72. The van der Waals surface area contributed by atoms with E-state index in [4.69, 9.17) is 9.47 Å². The first-order valence-electron chi connectivity index (χ1n) is 7.76. The van der Waals surface area contributed by atoms with Gasteiger partial charge in [-0.25, -0.2) is 0 Å². The van der Waals surface area contributed by atoms with Gasteiger partial charge in [-0.05, 0) is 43.4 Å². The van der Waals surface area contributed by atoms with Crippen molar-refractivity contribution >= 4 is 5.97 Å². The Morgan fingerprint density at radius 3 is 2.68 bits per heavy atom. The molecule has 0 amide bonds. The molecule has 2 aliphatic rings. The van der Waals surface area contributed by atoms with Gasteiger partial charge in [0.25, 0.3) is 0 Å². The highest BCUT2D eigenvalue weighted by molar-refractivity contribution is 5.85. The van der Waals surface area contributed by atoms with Crippen molar-refractivity contribution in [3.8, 4) is 0 Å². The molecule has 3 nitrogen and oxygen atoms in total. The van der Waals surface area contributed by atoms with E-state index >= 15 is 0 Å². The zero-order valence-electron chi connectivity index (χ0n) is 12.5. The quantitative estimate of drug-likeness (QED) is 0.731. The lowest BCUT2D eigenvalue weighted by atomic mass is 9.70. The van der Waals surface area contributed by atoms with Crippen LogP contribution in [0.4, 0.5) is 0 Å². The Morgan fingerprint density at radius 2 is 2.05 bits per heavy atom. The number of hydrogen-bond donors (Lipinski definition) is 0. The summed E-state index contributed by atoms with van der Waals surface area (Å²) in [6.45, 7) is 7.34. The van der Waals surface area contributed by atoms with Crippen molar-refractivity contribution in [3.05, 3.63) is 5.92 Å². The Labute approximate surface area is 117 Å². The van der Waals surface area contributed by atoms with Crippen LogP contribution < -0.4 is 0 Å². The van der Waals surface area contributed by atoms with Gasteiger partial charge in [0, 0.05) is 6.42 Å². The van der Waals surface area contributed by atoms with Gasteiger partial charge in [-0.3, -0.25) is 4.79 Å². The van der Waals surface area contributed by atoms with Crippen LogP contribution in [0.2, 0.25) is 0 Å². The smallest absolute Gasteiger partial charge is 0.315 e. The molecule has 1 aliphatic heterocycles. The van der Waals surface area contributed by atoms with Crippen LogP contribution >= 0.6 is 0 Å². The van der Waals surface area contributed by atoms with E-state index in [0.29, 0.717) is 17.8 Å². The number of carbonyl (C=O) groups excluding carboxylic acids is 1. The second kappa shape index (κ2) is 6.74. The second-order valence-corrected chi connectivity index (χ2v) is 6.46. The summed E-state index contributed by atoms with van der Waals surface area (Å²) < 4.78 is 11.1. The first-order chi connectivity index (χ1) is 9.08. The molecule has 3 atom stereocenters. The summed E-state index contributed by atoms with van der Waals surface area (Å²) in [6, 6.07) is 0. The van der Waals surface area contributed by atoms with E-state index in [1.165, 1.54) is 6.42 Å². The molecular formula is C16H27O3. The zero-order valence-corrected chi connectivity index (χ0v) is 12.5. The van der Waals surface area contributed by atoms with Crippen molar-refractivity contribution in [2.24, 2.45) is 17.8 Å². The number of carbonyl (C=O) groups is 1. The van der Waals surface area contributed by atoms with Gasteiger partial charge in [0.2, 0.25) is 6.29 Å². The molecule has 1 saturated heterocycles. The first-order valence-corrected chi connectivity index (χ1v) is 7.76. The molecule has 1 heterocycles. The lowest BCUT2D eigenvalue weighted by Gasteiger charge is -2.36. The molecule has 3 unspecified atom stereocenters. The summed E-state index contributed by atoms with van der Waals surface area (Å²) in [5.74, 6) is 2.42. The van der Waals surface area contributed by atoms with Crippen LogP contribution in [0.3, 0.4) is 0 Å².